The van der Waals surface area contributed by atoms with Gasteiger partial charge in [-0.2, -0.15) is 0 Å². The van der Waals surface area contributed by atoms with E-state index in [1.807, 2.05) is 49.4 Å². The van der Waals surface area contributed by atoms with E-state index in [1.54, 1.807) is 13.0 Å². The molecule has 0 radical (unpaired) electrons. The molecule has 0 aliphatic carbocycles. The number of rotatable bonds is 4. The van der Waals surface area contributed by atoms with Gasteiger partial charge in [-0.25, -0.2) is 0 Å². The van der Waals surface area contributed by atoms with Crippen LogP contribution in [0, 0.1) is 10.5 Å². The summed E-state index contributed by atoms with van der Waals surface area (Å²) in [7, 11) is 0. The van der Waals surface area contributed by atoms with E-state index in [0.717, 1.165) is 14.7 Å². The molecule has 1 amide bonds. The highest BCUT2D eigenvalue weighted by Gasteiger charge is 2.20. The summed E-state index contributed by atoms with van der Waals surface area (Å²) >= 11 is 2.17. The van der Waals surface area contributed by atoms with E-state index >= 15 is 0 Å². The fourth-order valence-corrected chi connectivity index (χ4v) is 2.73. The third-order valence-electron chi connectivity index (χ3n) is 3.41. The molecule has 0 aliphatic heterocycles. The maximum atomic E-state index is 12.3. The van der Waals surface area contributed by atoms with Crippen LogP contribution in [-0.2, 0) is 0 Å². The Morgan fingerprint density at radius 1 is 1.14 bits per heavy atom. The van der Waals surface area contributed by atoms with Crippen molar-refractivity contribution < 1.29 is 9.90 Å². The largest absolute Gasteiger partial charge is 0.386 e. The fraction of sp³-hybridized carbons (Fsp3) is 0.235. The van der Waals surface area contributed by atoms with Crippen molar-refractivity contribution in [1.82, 2.24) is 5.32 Å². The number of hydrogen-bond donors (Lipinski definition) is 2. The zero-order valence-corrected chi connectivity index (χ0v) is 14.2. The van der Waals surface area contributed by atoms with E-state index < -0.39 is 6.10 Å². The van der Waals surface area contributed by atoms with Crippen LogP contribution >= 0.6 is 22.6 Å². The van der Waals surface area contributed by atoms with E-state index in [-0.39, 0.29) is 11.9 Å². The van der Waals surface area contributed by atoms with Crippen LogP contribution < -0.4 is 5.32 Å². The first-order valence-electron chi connectivity index (χ1n) is 6.79. The van der Waals surface area contributed by atoms with Gasteiger partial charge in [0, 0.05) is 3.57 Å². The van der Waals surface area contributed by atoms with Gasteiger partial charge in [0.2, 0.25) is 0 Å². The summed E-state index contributed by atoms with van der Waals surface area (Å²) in [4.78, 5) is 12.3. The van der Waals surface area contributed by atoms with Gasteiger partial charge in [-0.3, -0.25) is 4.79 Å². The molecule has 2 N–H and O–H groups in total. The Hall–Kier alpha value is -1.40. The lowest BCUT2D eigenvalue weighted by Crippen LogP contribution is -2.37. The maximum absolute atomic E-state index is 12.3. The molecule has 21 heavy (non-hydrogen) atoms. The zero-order chi connectivity index (χ0) is 15.4. The average Bonchev–Trinajstić information content (AvgIpc) is 2.50. The second kappa shape index (κ2) is 7.04. The summed E-state index contributed by atoms with van der Waals surface area (Å²) in [6.45, 7) is 3.78. The minimum atomic E-state index is -0.724. The maximum Gasteiger partial charge on any atom is 0.252 e. The number of amides is 1. The third kappa shape index (κ3) is 3.83. The summed E-state index contributed by atoms with van der Waals surface area (Å²) in [5, 5.41) is 13.2. The zero-order valence-electron chi connectivity index (χ0n) is 12.0. The van der Waals surface area contributed by atoms with Crippen LogP contribution in [0.4, 0.5) is 0 Å². The minimum absolute atomic E-state index is 0.161. The van der Waals surface area contributed by atoms with Gasteiger partial charge in [0.15, 0.2) is 0 Å². The number of hydrogen-bond acceptors (Lipinski definition) is 2. The molecule has 0 heterocycles. The molecule has 0 saturated heterocycles. The highest BCUT2D eigenvalue weighted by atomic mass is 127. The van der Waals surface area contributed by atoms with Crippen molar-refractivity contribution in [3.63, 3.8) is 0 Å². The summed E-state index contributed by atoms with van der Waals surface area (Å²) in [5.41, 5.74) is 2.51. The monoisotopic (exact) mass is 395 g/mol. The number of aliphatic hydroxyl groups excluding tert-OH is 1. The van der Waals surface area contributed by atoms with Crippen molar-refractivity contribution in [3.05, 3.63) is 68.8 Å². The molecule has 0 spiro atoms. The number of aryl methyl sites for hydroxylation is 1. The van der Waals surface area contributed by atoms with E-state index in [9.17, 15) is 9.90 Å². The van der Waals surface area contributed by atoms with E-state index in [4.69, 9.17) is 0 Å². The first-order chi connectivity index (χ1) is 10.0. The molecule has 0 unspecified atom stereocenters. The highest BCUT2D eigenvalue weighted by molar-refractivity contribution is 14.1. The van der Waals surface area contributed by atoms with Crippen LogP contribution in [0.2, 0.25) is 0 Å². The predicted molar refractivity (Wildman–Crippen MR) is 92.2 cm³/mol. The van der Waals surface area contributed by atoms with Crippen molar-refractivity contribution in [3.8, 4) is 0 Å². The van der Waals surface area contributed by atoms with Gasteiger partial charge in [-0.1, -0.05) is 42.5 Å². The number of benzene rings is 2. The summed E-state index contributed by atoms with van der Waals surface area (Å²) in [6.07, 6.45) is -0.724. The molecule has 0 fully saturated rings. The molecule has 0 aromatic heterocycles. The first kappa shape index (κ1) is 16.0. The molecule has 2 rings (SSSR count). The molecule has 2 aromatic rings. The third-order valence-corrected chi connectivity index (χ3v) is 4.84. The second-order valence-electron chi connectivity index (χ2n) is 5.05. The van der Waals surface area contributed by atoms with Crippen molar-refractivity contribution in [2.75, 3.05) is 0 Å². The topological polar surface area (TPSA) is 49.3 Å². The molecule has 110 valence electrons. The Kier molecular flexibility index (Phi) is 5.36. The lowest BCUT2D eigenvalue weighted by Gasteiger charge is -2.21. The molecule has 4 heteroatoms. The van der Waals surface area contributed by atoms with Gasteiger partial charge in [-0.05, 0) is 53.6 Å². The molecule has 2 atom stereocenters. The van der Waals surface area contributed by atoms with Gasteiger partial charge >= 0.3 is 0 Å². The van der Waals surface area contributed by atoms with Crippen LogP contribution in [0.3, 0.4) is 0 Å². The summed E-state index contributed by atoms with van der Waals surface area (Å²) in [6, 6.07) is 14.6. The van der Waals surface area contributed by atoms with Crippen LogP contribution in [0.1, 0.15) is 34.5 Å². The summed E-state index contributed by atoms with van der Waals surface area (Å²) < 4.78 is 0.939. The fourth-order valence-electron chi connectivity index (χ4n) is 2.13. The van der Waals surface area contributed by atoms with Crippen LogP contribution in [0.15, 0.2) is 48.5 Å². The smallest absolute Gasteiger partial charge is 0.252 e. The van der Waals surface area contributed by atoms with Crippen molar-refractivity contribution in [2.24, 2.45) is 0 Å². The molecular formula is C17H18INO2. The van der Waals surface area contributed by atoms with Crippen LogP contribution in [0.25, 0.3) is 0 Å². The number of nitrogens with one attached hydrogen (secondary N) is 1. The predicted octanol–water partition coefficient (Wildman–Crippen LogP) is 3.45. The second-order valence-corrected chi connectivity index (χ2v) is 6.13. The average molecular weight is 395 g/mol. The Morgan fingerprint density at radius 2 is 1.81 bits per heavy atom. The van der Waals surface area contributed by atoms with Crippen molar-refractivity contribution in [1.29, 1.82) is 0 Å². The molecule has 3 nitrogen and oxygen atoms in total. The van der Waals surface area contributed by atoms with Crippen LogP contribution in [-0.4, -0.2) is 17.1 Å². The Balaban J connectivity index is 2.10. The molecule has 0 saturated carbocycles. The molecule has 0 bridgehead atoms. The van der Waals surface area contributed by atoms with E-state index in [2.05, 4.69) is 27.9 Å². The Bertz CT molecular complexity index is 628. The summed E-state index contributed by atoms with van der Waals surface area (Å²) in [5.74, 6) is -0.161. The van der Waals surface area contributed by atoms with Gasteiger partial charge in [0.05, 0.1) is 17.7 Å². The Labute approximate surface area is 138 Å². The number of carbonyl (C=O) groups excluding carboxylic acids is 1. The quantitative estimate of drug-likeness (QED) is 0.780. The van der Waals surface area contributed by atoms with Gasteiger partial charge in [0.1, 0.15) is 0 Å². The molecule has 2 aromatic carbocycles. The molecular weight excluding hydrogens is 377 g/mol. The Morgan fingerprint density at radius 3 is 2.48 bits per heavy atom. The SMILES string of the molecule is Cc1cccc(C(=O)N[C@@H](C)[C@H](O)c2ccccc2)c1I. The normalized spacial score (nSPS) is 13.5. The minimum Gasteiger partial charge on any atom is -0.386 e. The standard InChI is InChI=1S/C17H18INO2/c1-11-7-6-10-14(15(11)18)17(21)19-12(2)16(20)13-8-4-3-5-9-13/h3-10,12,16,20H,1-2H3,(H,19,21)/t12-,16-/m0/s1. The number of aliphatic hydroxyl groups is 1. The van der Waals surface area contributed by atoms with E-state index in [0.29, 0.717) is 5.56 Å². The lowest BCUT2D eigenvalue weighted by atomic mass is 10.0. The highest BCUT2D eigenvalue weighted by Crippen LogP contribution is 2.19. The van der Waals surface area contributed by atoms with Crippen molar-refractivity contribution in [2.45, 2.75) is 26.0 Å². The number of carbonyl (C=O) groups is 1. The lowest BCUT2D eigenvalue weighted by molar-refractivity contribution is 0.0851. The number of halogens is 1. The van der Waals surface area contributed by atoms with Gasteiger partial charge in [-0.15, -0.1) is 0 Å². The van der Waals surface area contributed by atoms with Crippen LogP contribution in [0.5, 0.6) is 0 Å². The first-order valence-corrected chi connectivity index (χ1v) is 7.87. The van der Waals surface area contributed by atoms with Gasteiger partial charge in [0.25, 0.3) is 5.91 Å². The van der Waals surface area contributed by atoms with Gasteiger partial charge < -0.3 is 10.4 Å². The van der Waals surface area contributed by atoms with Crippen molar-refractivity contribution >= 4 is 28.5 Å². The molecule has 0 aliphatic rings. The van der Waals surface area contributed by atoms with E-state index in [1.165, 1.54) is 0 Å².